The van der Waals surface area contributed by atoms with E-state index in [9.17, 15) is 4.79 Å². The van der Waals surface area contributed by atoms with Gasteiger partial charge in [0.25, 0.3) is 5.91 Å². The molecule has 0 saturated heterocycles. The van der Waals surface area contributed by atoms with Crippen LogP contribution in [0.5, 0.6) is 0 Å². The second kappa shape index (κ2) is 8.70. The highest BCUT2D eigenvalue weighted by molar-refractivity contribution is 5.97. The zero-order valence-electron chi connectivity index (χ0n) is 16.1. The van der Waals surface area contributed by atoms with E-state index in [0.29, 0.717) is 59.3 Å². The first-order valence-corrected chi connectivity index (χ1v) is 9.51. The van der Waals surface area contributed by atoms with Gasteiger partial charge in [-0.1, -0.05) is 0 Å². The van der Waals surface area contributed by atoms with Crippen LogP contribution in [-0.2, 0) is 4.74 Å². The van der Waals surface area contributed by atoms with Crippen molar-refractivity contribution in [2.24, 2.45) is 0 Å². The van der Waals surface area contributed by atoms with Crippen LogP contribution in [0.2, 0.25) is 0 Å². The second-order valence-corrected chi connectivity index (χ2v) is 6.39. The van der Waals surface area contributed by atoms with E-state index in [0.717, 1.165) is 6.42 Å². The minimum absolute atomic E-state index is 0.153. The number of hydrogen-bond acceptors (Lipinski definition) is 6. The lowest BCUT2D eigenvalue weighted by Gasteiger charge is -2.09. The summed E-state index contributed by atoms with van der Waals surface area (Å²) in [5.74, 6) is 1.03. The van der Waals surface area contributed by atoms with E-state index in [1.165, 1.54) is 0 Å². The first-order chi connectivity index (χ1) is 14.3. The summed E-state index contributed by atoms with van der Waals surface area (Å²) in [6.45, 7) is 3.80. The Hall–Kier alpha value is -3.45. The first kappa shape index (κ1) is 18.9. The van der Waals surface area contributed by atoms with Gasteiger partial charge in [-0.05, 0) is 55.8 Å². The van der Waals surface area contributed by atoms with Gasteiger partial charge in [0.1, 0.15) is 11.4 Å². The maximum absolute atomic E-state index is 12.5. The lowest BCUT2D eigenvalue weighted by molar-refractivity contribution is 0.0944. The number of nitrogens with zero attached hydrogens (tertiary/aromatic N) is 2. The molecule has 4 rings (SSSR count). The molecule has 1 aromatic carbocycles. The molecule has 0 unspecified atom stereocenters. The number of ether oxygens (including phenoxy) is 1. The van der Waals surface area contributed by atoms with Crippen LogP contribution in [0.25, 0.3) is 33.9 Å². The molecule has 0 aliphatic carbocycles. The Morgan fingerprint density at radius 1 is 1.00 bits per heavy atom. The number of fused-ring (bicyclic) bond motifs is 1. The fourth-order valence-electron chi connectivity index (χ4n) is 2.99. The van der Waals surface area contributed by atoms with Crippen LogP contribution in [0.1, 0.15) is 23.7 Å². The fourth-order valence-corrected chi connectivity index (χ4v) is 2.99. The third kappa shape index (κ3) is 4.20. The molecule has 1 amide bonds. The average molecular weight is 391 g/mol. The SMILES string of the molecule is CCOCCCNC(=O)c1ccc2nc(-c3ccco3)c(-c3ccco3)nc2c1. The van der Waals surface area contributed by atoms with Gasteiger partial charge in [-0.2, -0.15) is 0 Å². The standard InChI is InChI=1S/C22H21N3O4/c1-2-27-11-5-10-23-22(26)15-8-9-16-17(14-15)25-21(19-7-4-13-29-19)20(24-16)18-6-3-12-28-18/h3-4,6-9,12-14H,2,5,10-11H2,1H3,(H,23,26). The van der Waals surface area contributed by atoms with Crippen molar-refractivity contribution in [2.45, 2.75) is 13.3 Å². The molecule has 29 heavy (non-hydrogen) atoms. The van der Waals surface area contributed by atoms with Crippen molar-refractivity contribution >= 4 is 16.9 Å². The Morgan fingerprint density at radius 2 is 1.69 bits per heavy atom. The third-order valence-corrected chi connectivity index (χ3v) is 4.39. The lowest BCUT2D eigenvalue weighted by atomic mass is 10.1. The van der Waals surface area contributed by atoms with Crippen LogP contribution in [0.3, 0.4) is 0 Å². The quantitative estimate of drug-likeness (QED) is 0.450. The Balaban J connectivity index is 1.65. The maximum atomic E-state index is 12.5. The van der Waals surface area contributed by atoms with E-state index in [1.54, 1.807) is 42.9 Å². The number of hydrogen-bond donors (Lipinski definition) is 1. The van der Waals surface area contributed by atoms with Crippen molar-refractivity contribution in [3.8, 4) is 22.9 Å². The van der Waals surface area contributed by atoms with Gasteiger partial charge >= 0.3 is 0 Å². The fraction of sp³-hybridized carbons (Fsp3) is 0.227. The van der Waals surface area contributed by atoms with Crippen LogP contribution < -0.4 is 5.32 Å². The van der Waals surface area contributed by atoms with E-state index in [4.69, 9.17) is 23.5 Å². The van der Waals surface area contributed by atoms with Crippen LogP contribution in [-0.4, -0.2) is 35.6 Å². The van der Waals surface area contributed by atoms with Gasteiger partial charge in [-0.15, -0.1) is 0 Å². The highest BCUT2D eigenvalue weighted by Crippen LogP contribution is 2.31. The van der Waals surface area contributed by atoms with Crippen LogP contribution in [0, 0.1) is 0 Å². The Morgan fingerprint density at radius 3 is 2.31 bits per heavy atom. The van der Waals surface area contributed by atoms with Crippen molar-refractivity contribution in [1.29, 1.82) is 0 Å². The van der Waals surface area contributed by atoms with Crippen LogP contribution >= 0.6 is 0 Å². The second-order valence-electron chi connectivity index (χ2n) is 6.39. The number of carbonyl (C=O) groups excluding carboxylic acids is 1. The first-order valence-electron chi connectivity index (χ1n) is 9.51. The largest absolute Gasteiger partial charge is 0.463 e. The van der Waals surface area contributed by atoms with Crippen LogP contribution in [0.4, 0.5) is 0 Å². The number of amides is 1. The summed E-state index contributed by atoms with van der Waals surface area (Å²) in [6.07, 6.45) is 3.94. The smallest absolute Gasteiger partial charge is 0.251 e. The van der Waals surface area contributed by atoms with Gasteiger partial charge in [0.2, 0.25) is 0 Å². The normalized spacial score (nSPS) is 11.1. The molecule has 0 radical (unpaired) electrons. The van der Waals surface area contributed by atoms with Gasteiger partial charge in [0.05, 0.1) is 23.6 Å². The predicted octanol–water partition coefficient (Wildman–Crippen LogP) is 4.31. The van der Waals surface area contributed by atoms with Crippen molar-refractivity contribution in [1.82, 2.24) is 15.3 Å². The number of aromatic nitrogens is 2. The molecule has 0 atom stereocenters. The molecule has 0 bridgehead atoms. The van der Waals surface area contributed by atoms with Crippen molar-refractivity contribution in [3.05, 3.63) is 60.6 Å². The minimum atomic E-state index is -0.153. The summed E-state index contributed by atoms with van der Waals surface area (Å²) in [5, 5.41) is 2.90. The number of furan rings is 2. The molecular weight excluding hydrogens is 370 g/mol. The molecule has 3 heterocycles. The number of rotatable bonds is 8. The zero-order valence-corrected chi connectivity index (χ0v) is 16.1. The summed E-state index contributed by atoms with van der Waals surface area (Å²) in [4.78, 5) is 21.9. The van der Waals surface area contributed by atoms with Crippen molar-refractivity contribution in [2.75, 3.05) is 19.8 Å². The summed E-state index contributed by atoms with van der Waals surface area (Å²) < 4.78 is 16.3. The molecule has 7 heteroatoms. The van der Waals surface area contributed by atoms with E-state index in [-0.39, 0.29) is 5.91 Å². The molecule has 148 valence electrons. The predicted molar refractivity (Wildman–Crippen MR) is 108 cm³/mol. The van der Waals surface area contributed by atoms with E-state index in [1.807, 2.05) is 19.1 Å². The molecule has 0 aliphatic rings. The Kier molecular flexibility index (Phi) is 5.67. The van der Waals surface area contributed by atoms with Crippen molar-refractivity contribution in [3.63, 3.8) is 0 Å². The van der Waals surface area contributed by atoms with E-state index in [2.05, 4.69) is 5.32 Å². The topological polar surface area (TPSA) is 90.4 Å². The van der Waals surface area contributed by atoms with Gasteiger partial charge in [-0.3, -0.25) is 4.79 Å². The summed E-state index contributed by atoms with van der Waals surface area (Å²) in [6, 6.07) is 12.5. The number of benzene rings is 1. The monoisotopic (exact) mass is 391 g/mol. The third-order valence-electron chi connectivity index (χ3n) is 4.39. The van der Waals surface area contributed by atoms with Crippen LogP contribution in [0.15, 0.2) is 63.8 Å². The molecule has 0 saturated carbocycles. The summed E-state index contributed by atoms with van der Waals surface area (Å²) in [5.41, 5.74) is 2.95. The molecular formula is C22H21N3O4. The van der Waals surface area contributed by atoms with E-state index >= 15 is 0 Å². The van der Waals surface area contributed by atoms with Gasteiger partial charge in [0.15, 0.2) is 11.5 Å². The average Bonchev–Trinajstić information content (AvgIpc) is 3.46. The molecule has 3 aromatic heterocycles. The van der Waals surface area contributed by atoms with Crippen molar-refractivity contribution < 1.29 is 18.4 Å². The highest BCUT2D eigenvalue weighted by Gasteiger charge is 2.18. The van der Waals surface area contributed by atoms with Gasteiger partial charge < -0.3 is 18.9 Å². The Bertz CT molecular complexity index is 1090. The van der Waals surface area contributed by atoms with E-state index < -0.39 is 0 Å². The number of carbonyl (C=O) groups is 1. The lowest BCUT2D eigenvalue weighted by Crippen LogP contribution is -2.25. The van der Waals surface area contributed by atoms with Gasteiger partial charge in [0, 0.05) is 25.3 Å². The Labute approximate surface area is 167 Å². The summed E-state index contributed by atoms with van der Waals surface area (Å²) in [7, 11) is 0. The minimum Gasteiger partial charge on any atom is -0.463 e. The molecule has 4 aromatic rings. The molecule has 0 spiro atoms. The number of nitrogens with one attached hydrogen (secondary N) is 1. The maximum Gasteiger partial charge on any atom is 0.251 e. The van der Waals surface area contributed by atoms with Gasteiger partial charge in [-0.25, -0.2) is 9.97 Å². The molecule has 1 N–H and O–H groups in total. The molecule has 0 fully saturated rings. The molecule has 0 aliphatic heterocycles. The zero-order chi connectivity index (χ0) is 20.1. The summed E-state index contributed by atoms with van der Waals surface area (Å²) >= 11 is 0. The highest BCUT2D eigenvalue weighted by atomic mass is 16.5. The molecule has 7 nitrogen and oxygen atoms in total.